The zero-order valence-electron chi connectivity index (χ0n) is 14.1. The molecule has 0 aromatic heterocycles. The fraction of sp³-hybridized carbons (Fsp3) is 0.235. The van der Waals surface area contributed by atoms with Gasteiger partial charge in [0, 0.05) is 16.8 Å². The highest BCUT2D eigenvalue weighted by Crippen LogP contribution is 2.30. The molecular formula is C17H15Cl2FN2O4S. The van der Waals surface area contributed by atoms with Crippen LogP contribution in [-0.4, -0.2) is 39.8 Å². The number of hydrogen-bond donors (Lipinski definition) is 1. The Morgan fingerprint density at radius 1 is 1.22 bits per heavy atom. The van der Waals surface area contributed by atoms with Crippen LogP contribution in [0.4, 0.5) is 10.1 Å². The van der Waals surface area contributed by atoms with Crippen LogP contribution in [-0.2, 0) is 10.0 Å². The Labute approximate surface area is 165 Å². The number of carbonyl (C=O) groups is 1. The zero-order valence-corrected chi connectivity index (χ0v) is 16.4. The van der Waals surface area contributed by atoms with E-state index in [1.54, 1.807) is 12.1 Å². The minimum atomic E-state index is -3.79. The van der Waals surface area contributed by atoms with Crippen LogP contribution in [0.3, 0.4) is 0 Å². The molecule has 0 spiro atoms. The fourth-order valence-electron chi connectivity index (χ4n) is 2.58. The second-order valence-corrected chi connectivity index (χ2v) is 8.68. The monoisotopic (exact) mass is 432 g/mol. The van der Waals surface area contributed by atoms with Gasteiger partial charge < -0.3 is 9.64 Å². The van der Waals surface area contributed by atoms with E-state index in [1.165, 1.54) is 0 Å². The minimum absolute atomic E-state index is 0.0705. The summed E-state index contributed by atoms with van der Waals surface area (Å²) in [5, 5.41) is 0.322. The number of benzene rings is 2. The molecule has 1 N–H and O–H groups in total. The number of nitrogens with zero attached hydrogens (tertiary/aromatic N) is 1. The molecular weight excluding hydrogens is 418 g/mol. The molecule has 144 valence electrons. The molecule has 1 heterocycles. The topological polar surface area (TPSA) is 75.7 Å². The van der Waals surface area contributed by atoms with Crippen molar-refractivity contribution < 1.29 is 22.3 Å². The van der Waals surface area contributed by atoms with Gasteiger partial charge in [-0.3, -0.25) is 4.79 Å². The van der Waals surface area contributed by atoms with E-state index in [1.807, 2.05) is 21.8 Å². The van der Waals surface area contributed by atoms with Crippen LogP contribution in [0.5, 0.6) is 5.75 Å². The lowest BCUT2D eigenvalue weighted by atomic mass is 10.1. The molecule has 6 nitrogen and oxygen atoms in total. The first kappa shape index (κ1) is 19.7. The predicted molar refractivity (Wildman–Crippen MR) is 102 cm³/mol. The van der Waals surface area contributed by atoms with Crippen LogP contribution < -0.4 is 14.4 Å². The van der Waals surface area contributed by atoms with Gasteiger partial charge in [0.05, 0.1) is 29.9 Å². The fourth-order valence-corrected chi connectivity index (χ4v) is 3.32. The van der Waals surface area contributed by atoms with Crippen molar-refractivity contribution in [3.63, 3.8) is 0 Å². The van der Waals surface area contributed by atoms with Crippen molar-refractivity contribution >= 4 is 44.8 Å². The van der Waals surface area contributed by atoms with Gasteiger partial charge in [-0.1, -0.05) is 23.2 Å². The number of amides is 1. The van der Waals surface area contributed by atoms with Crippen LogP contribution in [0.15, 0.2) is 36.4 Å². The molecule has 0 radical (unpaired) electrons. The number of nitrogens with one attached hydrogen (secondary N) is 1. The summed E-state index contributed by atoms with van der Waals surface area (Å²) in [7, 11) is -3.79. The van der Waals surface area contributed by atoms with Crippen molar-refractivity contribution in [3.8, 4) is 5.75 Å². The third kappa shape index (κ3) is 4.82. The molecule has 1 saturated heterocycles. The van der Waals surface area contributed by atoms with E-state index in [0.29, 0.717) is 18.1 Å². The lowest BCUT2D eigenvalue weighted by Gasteiger charge is -2.41. The van der Waals surface area contributed by atoms with Gasteiger partial charge in [-0.15, -0.1) is 0 Å². The molecule has 2 aromatic carbocycles. The van der Waals surface area contributed by atoms with E-state index in [9.17, 15) is 17.6 Å². The Hall–Kier alpha value is -2.03. The largest absolute Gasteiger partial charge is 0.486 e. The summed E-state index contributed by atoms with van der Waals surface area (Å²) in [5.41, 5.74) is 0.799. The third-order valence-corrected chi connectivity index (χ3v) is 4.98. The maximum absolute atomic E-state index is 13.8. The number of ether oxygens (including phenoxy) is 1. The molecule has 1 aliphatic heterocycles. The maximum Gasteiger partial charge on any atom is 0.268 e. The van der Waals surface area contributed by atoms with E-state index in [0.717, 1.165) is 24.1 Å². The smallest absolute Gasteiger partial charge is 0.268 e. The average molecular weight is 433 g/mol. The molecule has 1 amide bonds. The van der Waals surface area contributed by atoms with E-state index in [-0.39, 0.29) is 22.4 Å². The highest BCUT2D eigenvalue weighted by molar-refractivity contribution is 7.89. The number of carbonyl (C=O) groups excluding carboxylic acids is 1. The van der Waals surface area contributed by atoms with E-state index >= 15 is 0 Å². The third-order valence-electron chi connectivity index (χ3n) is 3.88. The Morgan fingerprint density at radius 2 is 1.85 bits per heavy atom. The summed E-state index contributed by atoms with van der Waals surface area (Å²) in [4.78, 5) is 14.2. The quantitative estimate of drug-likeness (QED) is 0.785. The summed E-state index contributed by atoms with van der Waals surface area (Å²) >= 11 is 11.6. The van der Waals surface area contributed by atoms with Crippen molar-refractivity contribution in [1.82, 2.24) is 4.72 Å². The second-order valence-electron chi connectivity index (χ2n) is 6.09. The van der Waals surface area contributed by atoms with E-state index < -0.39 is 21.7 Å². The van der Waals surface area contributed by atoms with Gasteiger partial charge in [-0.2, -0.15) is 0 Å². The van der Waals surface area contributed by atoms with Crippen LogP contribution in [0, 0.1) is 5.82 Å². The summed E-state index contributed by atoms with van der Waals surface area (Å²) in [5.74, 6) is -1.78. The number of hydrogen-bond acceptors (Lipinski definition) is 5. The number of rotatable bonds is 5. The molecule has 10 heteroatoms. The van der Waals surface area contributed by atoms with Crippen molar-refractivity contribution in [3.05, 3.63) is 57.8 Å². The Morgan fingerprint density at radius 3 is 2.44 bits per heavy atom. The van der Waals surface area contributed by atoms with Gasteiger partial charge >= 0.3 is 0 Å². The van der Waals surface area contributed by atoms with Gasteiger partial charge in [0.1, 0.15) is 17.7 Å². The highest BCUT2D eigenvalue weighted by atomic mass is 35.5. The first-order chi connectivity index (χ1) is 12.6. The normalized spacial score (nSPS) is 14.6. The molecule has 3 rings (SSSR count). The molecule has 1 fully saturated rings. The average Bonchev–Trinajstić information content (AvgIpc) is 2.53. The Balaban J connectivity index is 1.74. The molecule has 1 aliphatic rings. The minimum Gasteiger partial charge on any atom is -0.486 e. The van der Waals surface area contributed by atoms with Gasteiger partial charge in [0.15, 0.2) is 0 Å². The molecule has 0 unspecified atom stereocenters. The van der Waals surface area contributed by atoms with Crippen LogP contribution >= 0.6 is 23.2 Å². The molecule has 0 atom stereocenters. The molecule has 0 aliphatic carbocycles. The number of anilines is 1. The molecule has 0 bridgehead atoms. The van der Waals surface area contributed by atoms with Crippen LogP contribution in [0.25, 0.3) is 0 Å². The Kier molecular flexibility index (Phi) is 5.50. The lowest BCUT2D eigenvalue weighted by molar-refractivity contribution is 0.0971. The van der Waals surface area contributed by atoms with Gasteiger partial charge in [-0.05, 0) is 30.3 Å². The van der Waals surface area contributed by atoms with Crippen molar-refractivity contribution in [2.75, 3.05) is 24.2 Å². The first-order valence-corrected chi connectivity index (χ1v) is 10.5. The van der Waals surface area contributed by atoms with Crippen molar-refractivity contribution in [2.45, 2.75) is 6.10 Å². The summed E-state index contributed by atoms with van der Waals surface area (Å²) in [6.45, 7) is 1.03. The summed E-state index contributed by atoms with van der Waals surface area (Å²) < 4.78 is 43.9. The lowest BCUT2D eigenvalue weighted by Crippen LogP contribution is -2.54. The molecule has 0 saturated carbocycles. The number of halogens is 3. The van der Waals surface area contributed by atoms with Gasteiger partial charge in [0.2, 0.25) is 10.0 Å². The standard InChI is InChI=1S/C17H15Cl2FN2O4S/c1-27(24,25)21-17(23)13-6-14(19)15(20)7-16(13)26-12-8-22(9-12)11-4-2-10(18)3-5-11/h2-7,12H,8-9H2,1H3,(H,21,23). The first-order valence-electron chi connectivity index (χ1n) is 7.81. The van der Waals surface area contributed by atoms with E-state index in [2.05, 4.69) is 0 Å². The van der Waals surface area contributed by atoms with Crippen LogP contribution in [0.1, 0.15) is 10.4 Å². The zero-order chi connectivity index (χ0) is 19.8. The molecule has 27 heavy (non-hydrogen) atoms. The predicted octanol–water partition coefficient (Wildman–Crippen LogP) is 3.09. The van der Waals surface area contributed by atoms with Gasteiger partial charge in [0.25, 0.3) is 5.91 Å². The summed E-state index contributed by atoms with van der Waals surface area (Å²) in [6.07, 6.45) is 0.540. The number of sulfonamides is 1. The Bertz CT molecular complexity index is 977. The SMILES string of the molecule is CS(=O)(=O)NC(=O)c1cc(Cl)c(F)cc1OC1CN(c2ccc(Cl)cc2)C1. The van der Waals surface area contributed by atoms with Gasteiger partial charge in [-0.25, -0.2) is 17.5 Å². The van der Waals surface area contributed by atoms with Crippen molar-refractivity contribution in [1.29, 1.82) is 0 Å². The van der Waals surface area contributed by atoms with Crippen LogP contribution in [0.2, 0.25) is 10.0 Å². The summed E-state index contributed by atoms with van der Waals surface area (Å²) in [6, 6.07) is 9.30. The van der Waals surface area contributed by atoms with Crippen molar-refractivity contribution in [2.24, 2.45) is 0 Å². The molecule has 2 aromatic rings. The van der Waals surface area contributed by atoms with E-state index in [4.69, 9.17) is 27.9 Å². The second kappa shape index (κ2) is 7.53. The highest BCUT2D eigenvalue weighted by Gasteiger charge is 2.30. The maximum atomic E-state index is 13.8.